The number of nitrogens with two attached hydrogens (primary N) is 1. The number of nitrogens with zero attached hydrogens (tertiary/aromatic N) is 2. The fourth-order valence-electron chi connectivity index (χ4n) is 2.40. The van der Waals surface area contributed by atoms with Gasteiger partial charge in [0.15, 0.2) is 11.6 Å². The van der Waals surface area contributed by atoms with Crippen LogP contribution in [0.15, 0.2) is 54.9 Å². The zero-order valence-corrected chi connectivity index (χ0v) is 15.3. The van der Waals surface area contributed by atoms with Crippen molar-refractivity contribution in [3.63, 3.8) is 0 Å². The van der Waals surface area contributed by atoms with E-state index in [0.717, 1.165) is 5.69 Å². The molecule has 0 saturated heterocycles. The van der Waals surface area contributed by atoms with Crippen LogP contribution < -0.4 is 16.4 Å². The molecule has 0 amide bonds. The number of aromatic nitrogens is 2. The minimum atomic E-state index is -0.425. The van der Waals surface area contributed by atoms with E-state index in [1.54, 1.807) is 43.3 Å². The molecule has 3 rings (SSSR count). The van der Waals surface area contributed by atoms with E-state index < -0.39 is 5.97 Å². The van der Waals surface area contributed by atoms with Crippen molar-refractivity contribution in [2.75, 3.05) is 23.0 Å². The van der Waals surface area contributed by atoms with Crippen LogP contribution in [-0.4, -0.2) is 22.5 Å². The molecule has 0 spiro atoms. The minimum absolute atomic E-state index is 0.288. The highest BCUT2D eigenvalue weighted by Crippen LogP contribution is 2.30. The molecule has 1 aromatic heterocycles. The van der Waals surface area contributed by atoms with Crippen molar-refractivity contribution in [1.82, 2.24) is 9.97 Å². The molecule has 3 aromatic rings. The van der Waals surface area contributed by atoms with Gasteiger partial charge in [0.1, 0.15) is 12.0 Å². The average molecular weight is 384 g/mol. The molecule has 138 valence electrons. The summed E-state index contributed by atoms with van der Waals surface area (Å²) < 4.78 is 5.08. The number of hydrogen-bond acceptors (Lipinski definition) is 7. The number of nitrogen functional groups attached to an aromatic ring is 1. The number of esters is 1. The van der Waals surface area contributed by atoms with E-state index in [-0.39, 0.29) is 6.61 Å². The Hall–Kier alpha value is -3.32. The molecule has 8 heteroatoms. The number of rotatable bonds is 6. The van der Waals surface area contributed by atoms with Crippen LogP contribution >= 0.6 is 11.6 Å². The second-order valence-electron chi connectivity index (χ2n) is 5.51. The molecule has 0 saturated carbocycles. The van der Waals surface area contributed by atoms with Crippen molar-refractivity contribution in [3.05, 3.63) is 65.4 Å². The van der Waals surface area contributed by atoms with Crippen LogP contribution in [-0.2, 0) is 4.74 Å². The number of carbonyl (C=O) groups is 1. The van der Waals surface area contributed by atoms with E-state index in [1.807, 2.05) is 12.1 Å². The second-order valence-corrected chi connectivity index (χ2v) is 5.95. The lowest BCUT2D eigenvalue weighted by Gasteiger charge is -2.14. The molecule has 1 heterocycles. The van der Waals surface area contributed by atoms with Gasteiger partial charge in [0.2, 0.25) is 0 Å². The van der Waals surface area contributed by atoms with Gasteiger partial charge in [0.25, 0.3) is 0 Å². The monoisotopic (exact) mass is 383 g/mol. The van der Waals surface area contributed by atoms with Crippen molar-refractivity contribution in [2.24, 2.45) is 0 Å². The van der Waals surface area contributed by atoms with Gasteiger partial charge in [0.05, 0.1) is 17.9 Å². The number of para-hydroxylation sites is 1. The van der Waals surface area contributed by atoms with Crippen LogP contribution in [0.5, 0.6) is 0 Å². The Morgan fingerprint density at radius 3 is 2.59 bits per heavy atom. The van der Waals surface area contributed by atoms with Gasteiger partial charge in [-0.1, -0.05) is 29.8 Å². The van der Waals surface area contributed by atoms with Crippen LogP contribution in [0.25, 0.3) is 0 Å². The van der Waals surface area contributed by atoms with Crippen LogP contribution in [0, 0.1) is 0 Å². The summed E-state index contributed by atoms with van der Waals surface area (Å²) in [7, 11) is 0. The standard InChI is InChI=1S/C19H18ClN5O2/c1-2-27-19(26)14-8-3-4-9-15(14)25-18-16(21)17(22-11-23-18)24-13-7-5-6-12(20)10-13/h3-11H,2,21H2,1H3,(H2,22,23,24,25). The molecule has 2 aromatic carbocycles. The Morgan fingerprint density at radius 2 is 1.85 bits per heavy atom. The van der Waals surface area contributed by atoms with Crippen molar-refractivity contribution in [3.8, 4) is 0 Å². The van der Waals surface area contributed by atoms with E-state index >= 15 is 0 Å². The summed E-state index contributed by atoms with van der Waals surface area (Å²) in [4.78, 5) is 20.5. The van der Waals surface area contributed by atoms with Crippen molar-refractivity contribution in [2.45, 2.75) is 6.92 Å². The summed E-state index contributed by atoms with van der Waals surface area (Å²) in [5.41, 5.74) is 8.17. The second kappa shape index (κ2) is 8.37. The van der Waals surface area contributed by atoms with E-state index in [4.69, 9.17) is 22.1 Å². The molecule has 0 aliphatic carbocycles. The number of benzene rings is 2. The van der Waals surface area contributed by atoms with Crippen LogP contribution in [0.2, 0.25) is 5.02 Å². The van der Waals surface area contributed by atoms with Gasteiger partial charge in [-0.3, -0.25) is 0 Å². The lowest BCUT2D eigenvalue weighted by molar-refractivity contribution is 0.0527. The summed E-state index contributed by atoms with van der Waals surface area (Å²) in [5, 5.41) is 6.77. The lowest BCUT2D eigenvalue weighted by atomic mass is 10.2. The van der Waals surface area contributed by atoms with Gasteiger partial charge in [-0.2, -0.15) is 0 Å². The molecule has 0 atom stereocenters. The normalized spacial score (nSPS) is 10.3. The summed E-state index contributed by atoms with van der Waals surface area (Å²) in [6.07, 6.45) is 1.37. The molecule has 7 nitrogen and oxygen atoms in total. The highest BCUT2D eigenvalue weighted by Gasteiger charge is 2.15. The third kappa shape index (κ3) is 4.45. The SMILES string of the molecule is CCOC(=O)c1ccccc1Nc1ncnc(Nc2cccc(Cl)c2)c1N. The molecule has 0 aliphatic rings. The van der Waals surface area contributed by atoms with Gasteiger partial charge in [-0.05, 0) is 37.3 Å². The summed E-state index contributed by atoms with van der Waals surface area (Å²) in [5.74, 6) is 0.361. The Kier molecular flexibility index (Phi) is 5.73. The Labute approximate surface area is 161 Å². The smallest absolute Gasteiger partial charge is 0.340 e. The first kappa shape index (κ1) is 18.5. The zero-order valence-electron chi connectivity index (χ0n) is 14.6. The fourth-order valence-corrected chi connectivity index (χ4v) is 2.59. The topological polar surface area (TPSA) is 102 Å². The average Bonchev–Trinajstić information content (AvgIpc) is 2.66. The predicted octanol–water partition coefficient (Wildman–Crippen LogP) is 4.38. The number of anilines is 5. The number of carbonyl (C=O) groups excluding carboxylic acids is 1. The van der Waals surface area contributed by atoms with Gasteiger partial charge in [-0.25, -0.2) is 14.8 Å². The van der Waals surface area contributed by atoms with E-state index in [2.05, 4.69) is 20.6 Å². The maximum atomic E-state index is 12.1. The van der Waals surface area contributed by atoms with Gasteiger partial charge >= 0.3 is 5.97 Å². The fraction of sp³-hybridized carbons (Fsp3) is 0.105. The number of halogens is 1. The van der Waals surface area contributed by atoms with Crippen LogP contribution in [0.1, 0.15) is 17.3 Å². The van der Waals surface area contributed by atoms with Crippen LogP contribution in [0.4, 0.5) is 28.7 Å². The van der Waals surface area contributed by atoms with Crippen molar-refractivity contribution < 1.29 is 9.53 Å². The third-order valence-electron chi connectivity index (χ3n) is 3.65. The quantitative estimate of drug-likeness (QED) is 0.543. The zero-order chi connectivity index (χ0) is 19.2. The molecule has 0 aliphatic heterocycles. The summed E-state index contributed by atoms with van der Waals surface area (Å²) >= 11 is 6.00. The van der Waals surface area contributed by atoms with E-state index in [1.165, 1.54) is 6.33 Å². The Morgan fingerprint density at radius 1 is 1.11 bits per heavy atom. The molecular weight excluding hydrogens is 366 g/mol. The molecule has 0 radical (unpaired) electrons. The van der Waals surface area contributed by atoms with E-state index in [0.29, 0.717) is 33.6 Å². The maximum Gasteiger partial charge on any atom is 0.340 e. The minimum Gasteiger partial charge on any atom is -0.462 e. The first-order chi connectivity index (χ1) is 13.1. The molecule has 0 fully saturated rings. The molecule has 4 N–H and O–H groups in total. The summed E-state index contributed by atoms with van der Waals surface area (Å²) in [6.45, 7) is 2.04. The van der Waals surface area contributed by atoms with Gasteiger partial charge in [0, 0.05) is 10.7 Å². The maximum absolute atomic E-state index is 12.1. The number of hydrogen-bond donors (Lipinski definition) is 3. The highest BCUT2D eigenvalue weighted by atomic mass is 35.5. The Bertz CT molecular complexity index is 964. The first-order valence-electron chi connectivity index (χ1n) is 8.24. The van der Waals surface area contributed by atoms with Crippen molar-refractivity contribution >= 4 is 46.3 Å². The van der Waals surface area contributed by atoms with Crippen LogP contribution in [0.3, 0.4) is 0 Å². The number of nitrogens with one attached hydrogen (secondary N) is 2. The largest absolute Gasteiger partial charge is 0.462 e. The lowest BCUT2D eigenvalue weighted by Crippen LogP contribution is -2.10. The number of ether oxygens (including phenoxy) is 1. The molecule has 27 heavy (non-hydrogen) atoms. The van der Waals surface area contributed by atoms with Gasteiger partial charge < -0.3 is 21.1 Å². The first-order valence-corrected chi connectivity index (χ1v) is 8.62. The third-order valence-corrected chi connectivity index (χ3v) is 3.88. The van der Waals surface area contributed by atoms with Crippen molar-refractivity contribution in [1.29, 1.82) is 0 Å². The Balaban J connectivity index is 1.88. The van der Waals surface area contributed by atoms with E-state index in [9.17, 15) is 4.79 Å². The van der Waals surface area contributed by atoms with Gasteiger partial charge in [-0.15, -0.1) is 0 Å². The predicted molar refractivity (Wildman–Crippen MR) is 107 cm³/mol. The highest BCUT2D eigenvalue weighted by molar-refractivity contribution is 6.30. The summed E-state index contributed by atoms with van der Waals surface area (Å²) in [6, 6.07) is 14.2. The molecular formula is C19H18ClN5O2. The molecule has 0 unspecified atom stereocenters. The molecule has 0 bridgehead atoms.